The first-order valence-electron chi connectivity index (χ1n) is 17.0. The third-order valence-corrected chi connectivity index (χ3v) is 9.45. The topological polar surface area (TPSA) is 130 Å². The molecular weight excluding hydrogens is 714 g/mol. The van der Waals surface area contributed by atoms with E-state index in [2.05, 4.69) is 26.6 Å². The van der Waals surface area contributed by atoms with Crippen LogP contribution in [0, 0.1) is 5.92 Å². The highest BCUT2D eigenvalue weighted by atomic mass is 79.9. The van der Waals surface area contributed by atoms with Crippen LogP contribution in [0.1, 0.15) is 91.2 Å². The molecule has 1 fully saturated rings. The van der Waals surface area contributed by atoms with Crippen LogP contribution in [-0.2, 0) is 25.5 Å². The number of hydrogen-bond donors (Lipinski definition) is 2. The van der Waals surface area contributed by atoms with Gasteiger partial charge in [0.15, 0.2) is 0 Å². The molecular formula is C36H51BrClN5O6. The average molecular weight is 765 g/mol. The fourth-order valence-corrected chi connectivity index (χ4v) is 6.50. The molecule has 49 heavy (non-hydrogen) atoms. The molecule has 0 radical (unpaired) electrons. The van der Waals surface area contributed by atoms with Gasteiger partial charge in [-0.1, -0.05) is 67.1 Å². The van der Waals surface area contributed by atoms with E-state index in [1.54, 1.807) is 58.0 Å². The Balaban J connectivity index is 2.01. The zero-order valence-electron chi connectivity index (χ0n) is 29.7. The number of anilines is 1. The second kappa shape index (κ2) is 18.0. The first kappa shape index (κ1) is 40.1. The summed E-state index contributed by atoms with van der Waals surface area (Å²) in [7, 11) is 3.35. The van der Waals surface area contributed by atoms with Crippen LogP contribution in [0.4, 0.5) is 10.5 Å². The third kappa shape index (κ3) is 11.9. The molecule has 1 saturated heterocycles. The van der Waals surface area contributed by atoms with Crippen molar-refractivity contribution in [1.29, 1.82) is 0 Å². The van der Waals surface area contributed by atoms with E-state index in [-0.39, 0.29) is 23.9 Å². The summed E-state index contributed by atoms with van der Waals surface area (Å²) in [4.78, 5) is 71.7. The highest BCUT2D eigenvalue weighted by molar-refractivity contribution is 9.10. The van der Waals surface area contributed by atoms with Crippen molar-refractivity contribution >= 4 is 57.0 Å². The van der Waals surface area contributed by atoms with Crippen molar-refractivity contribution in [2.75, 3.05) is 26.0 Å². The number of nitrogens with one attached hydrogen (secondary N) is 2. The number of ether oxygens (including phenoxy) is 1. The third-order valence-electron chi connectivity index (χ3n) is 8.44. The molecule has 0 bridgehead atoms. The molecule has 4 amide bonds. The van der Waals surface area contributed by atoms with E-state index in [0.29, 0.717) is 30.8 Å². The number of hydrogen-bond acceptors (Lipinski definition) is 6. The molecule has 0 unspecified atom stereocenters. The summed E-state index contributed by atoms with van der Waals surface area (Å²) in [6.45, 7) is 9.60. The number of pyridine rings is 1. The predicted octanol–water partition coefficient (Wildman–Crippen LogP) is 6.57. The van der Waals surface area contributed by atoms with Crippen molar-refractivity contribution in [3.05, 3.63) is 61.9 Å². The first-order chi connectivity index (χ1) is 23.0. The monoisotopic (exact) mass is 763 g/mol. The zero-order valence-corrected chi connectivity index (χ0v) is 32.0. The predicted molar refractivity (Wildman–Crippen MR) is 196 cm³/mol. The van der Waals surface area contributed by atoms with Gasteiger partial charge in [-0.05, 0) is 81.8 Å². The van der Waals surface area contributed by atoms with Crippen molar-refractivity contribution in [3.63, 3.8) is 0 Å². The molecule has 270 valence electrons. The van der Waals surface area contributed by atoms with Gasteiger partial charge in [0.05, 0.1) is 0 Å². The molecule has 2 N–H and O–H groups in total. The van der Waals surface area contributed by atoms with Crippen LogP contribution in [-0.4, -0.2) is 76.5 Å². The van der Waals surface area contributed by atoms with Crippen LogP contribution in [0.3, 0.4) is 0 Å². The van der Waals surface area contributed by atoms with Gasteiger partial charge in [0.2, 0.25) is 17.7 Å². The number of nitrogens with zero attached hydrogens (tertiary/aromatic N) is 3. The Morgan fingerprint density at radius 1 is 1.04 bits per heavy atom. The molecule has 0 aliphatic carbocycles. The summed E-state index contributed by atoms with van der Waals surface area (Å²) in [5.74, 6) is -1.09. The van der Waals surface area contributed by atoms with Gasteiger partial charge in [-0.15, -0.1) is 0 Å². The van der Waals surface area contributed by atoms with Crippen LogP contribution >= 0.6 is 27.5 Å². The fraction of sp³-hybridized carbons (Fsp3) is 0.583. The lowest BCUT2D eigenvalue weighted by atomic mass is 9.98. The van der Waals surface area contributed by atoms with E-state index in [1.807, 2.05) is 19.9 Å². The molecule has 3 rings (SSSR count). The van der Waals surface area contributed by atoms with E-state index in [4.69, 9.17) is 16.3 Å². The smallest absolute Gasteiger partial charge is 0.412 e. The van der Waals surface area contributed by atoms with Gasteiger partial charge in [-0.2, -0.15) is 0 Å². The molecule has 3 atom stereocenters. The molecule has 1 aliphatic rings. The van der Waals surface area contributed by atoms with Crippen molar-refractivity contribution in [1.82, 2.24) is 19.7 Å². The Bertz CT molecular complexity index is 1540. The minimum atomic E-state index is -0.963. The van der Waals surface area contributed by atoms with Gasteiger partial charge < -0.3 is 24.4 Å². The molecule has 13 heteroatoms. The normalized spacial score (nSPS) is 20.7. The molecule has 1 aromatic heterocycles. The number of carbonyl (C=O) groups excluding carboxylic acids is 4. The summed E-state index contributed by atoms with van der Waals surface area (Å²) in [5.41, 5.74) is -0.580. The summed E-state index contributed by atoms with van der Waals surface area (Å²) >= 11 is 9.87. The van der Waals surface area contributed by atoms with Crippen LogP contribution in [0.15, 0.2) is 45.8 Å². The summed E-state index contributed by atoms with van der Waals surface area (Å²) in [6.07, 6.45) is 5.63. The highest BCUT2D eigenvalue weighted by Crippen LogP contribution is 2.25. The molecule has 2 heterocycles. The Hall–Kier alpha value is -3.38. The van der Waals surface area contributed by atoms with Crippen LogP contribution in [0.25, 0.3) is 0 Å². The van der Waals surface area contributed by atoms with E-state index in [0.717, 1.165) is 35.7 Å². The van der Waals surface area contributed by atoms with E-state index in [9.17, 15) is 24.0 Å². The average Bonchev–Trinajstić information content (AvgIpc) is 3.01. The van der Waals surface area contributed by atoms with Gasteiger partial charge in [0.1, 0.15) is 29.4 Å². The van der Waals surface area contributed by atoms with Crippen LogP contribution in [0.2, 0.25) is 5.02 Å². The van der Waals surface area contributed by atoms with Gasteiger partial charge in [0.25, 0.3) is 5.56 Å². The van der Waals surface area contributed by atoms with Crippen molar-refractivity contribution in [2.45, 2.75) is 110 Å². The Kier molecular flexibility index (Phi) is 14.7. The highest BCUT2D eigenvalue weighted by Gasteiger charge is 2.36. The second-order valence-electron chi connectivity index (χ2n) is 14.2. The minimum Gasteiger partial charge on any atom is -0.444 e. The Morgan fingerprint density at radius 2 is 1.71 bits per heavy atom. The number of halogens is 2. The standard InChI is InChI=1S/C36H51BrClN5O6/c1-23(2)20-28-32(45)42(7)30(22-24-21-25(38)16-17-26(24)37)34(47)41(6)18-12-10-8-9-11-15-29(31(44)39-28)43-19-13-14-27(33(43)46)40-35(48)49-36(3,4)5/h13-14,16-17,19,21,23,28-30H,8-12,15,18,20,22H2,1-7H3,(H,39,44)(H,40,48)/t28-,29-,30-/m0/s1. The Morgan fingerprint density at radius 3 is 2.39 bits per heavy atom. The number of benzene rings is 1. The quantitative estimate of drug-likeness (QED) is 0.343. The first-order valence-corrected chi connectivity index (χ1v) is 18.1. The molecule has 0 spiro atoms. The fourth-order valence-electron chi connectivity index (χ4n) is 5.90. The van der Waals surface area contributed by atoms with Gasteiger partial charge in [-0.3, -0.25) is 24.5 Å². The van der Waals surface area contributed by atoms with Crippen molar-refractivity contribution < 1.29 is 23.9 Å². The lowest BCUT2D eigenvalue weighted by molar-refractivity contribution is -0.146. The lowest BCUT2D eigenvalue weighted by Gasteiger charge is -2.34. The maximum Gasteiger partial charge on any atom is 0.412 e. The zero-order chi connectivity index (χ0) is 36.5. The maximum absolute atomic E-state index is 14.3. The molecule has 1 aromatic carbocycles. The SMILES string of the molecule is CC(C)C[C@@H]1NC(=O)[C@@H](n2cccc(NC(=O)OC(C)(C)C)c2=O)CCCCCCCN(C)C(=O)[C@H](Cc2cc(Cl)ccc2Br)N(C)C1=O. The largest absolute Gasteiger partial charge is 0.444 e. The van der Waals surface area contributed by atoms with Crippen LogP contribution in [0.5, 0.6) is 0 Å². The molecule has 0 saturated carbocycles. The minimum absolute atomic E-state index is 0.0228. The number of rotatable bonds is 6. The van der Waals surface area contributed by atoms with Gasteiger partial charge >= 0.3 is 6.09 Å². The van der Waals surface area contributed by atoms with E-state index < -0.39 is 47.2 Å². The summed E-state index contributed by atoms with van der Waals surface area (Å²) < 4.78 is 7.40. The summed E-state index contributed by atoms with van der Waals surface area (Å²) in [6, 6.07) is 5.61. The molecule has 11 nitrogen and oxygen atoms in total. The van der Waals surface area contributed by atoms with Gasteiger partial charge in [-0.25, -0.2) is 4.79 Å². The number of amides is 4. The maximum atomic E-state index is 14.3. The number of carbonyl (C=O) groups is 4. The molecule has 2 aromatic rings. The van der Waals surface area contributed by atoms with Crippen molar-refractivity contribution in [2.24, 2.45) is 5.92 Å². The number of aromatic nitrogens is 1. The summed E-state index contributed by atoms with van der Waals surface area (Å²) in [5, 5.41) is 5.97. The van der Waals surface area contributed by atoms with E-state index >= 15 is 0 Å². The lowest BCUT2D eigenvalue weighted by Crippen LogP contribution is -2.56. The molecule has 1 aliphatic heterocycles. The number of likely N-dealkylation sites (N-methyl/N-ethyl adjacent to an activating group) is 2. The second-order valence-corrected chi connectivity index (χ2v) is 15.5. The Labute approximate surface area is 303 Å². The van der Waals surface area contributed by atoms with E-state index in [1.165, 1.54) is 21.7 Å². The van der Waals surface area contributed by atoms with Crippen LogP contribution < -0.4 is 16.2 Å². The van der Waals surface area contributed by atoms with Gasteiger partial charge in [0, 0.05) is 42.8 Å². The van der Waals surface area contributed by atoms with Crippen molar-refractivity contribution in [3.8, 4) is 0 Å².